The van der Waals surface area contributed by atoms with E-state index in [1.54, 1.807) is 11.0 Å². The number of unbranched alkanes of at least 4 members (excludes halogenated alkanes) is 1. The van der Waals surface area contributed by atoms with Gasteiger partial charge in [0.25, 0.3) is 0 Å². The van der Waals surface area contributed by atoms with Gasteiger partial charge in [-0.1, -0.05) is 37.1 Å². The lowest BCUT2D eigenvalue weighted by Gasteiger charge is -2.17. The average molecular weight is 299 g/mol. The van der Waals surface area contributed by atoms with Crippen LogP contribution in [0.5, 0.6) is 5.75 Å². The molecule has 2 amide bonds. The van der Waals surface area contributed by atoms with E-state index in [0.29, 0.717) is 23.9 Å². The number of urea groups is 1. The fourth-order valence-electron chi connectivity index (χ4n) is 1.64. The molecule has 0 radical (unpaired) electrons. The van der Waals surface area contributed by atoms with Gasteiger partial charge in [-0.05, 0) is 25.0 Å². The highest BCUT2D eigenvalue weighted by molar-refractivity contribution is 6.32. The van der Waals surface area contributed by atoms with Crippen LogP contribution in [0.15, 0.2) is 24.3 Å². The van der Waals surface area contributed by atoms with Crippen molar-refractivity contribution in [3.05, 3.63) is 29.3 Å². The van der Waals surface area contributed by atoms with Gasteiger partial charge in [0.05, 0.1) is 11.6 Å². The Morgan fingerprint density at radius 2 is 2.10 bits per heavy atom. The van der Waals surface area contributed by atoms with Crippen molar-refractivity contribution in [1.82, 2.24) is 10.2 Å². The quantitative estimate of drug-likeness (QED) is 0.746. The second kappa shape index (κ2) is 9.48. The number of rotatable bonds is 8. The molecule has 0 aliphatic carbocycles. The van der Waals surface area contributed by atoms with Crippen molar-refractivity contribution >= 4 is 17.6 Å². The highest BCUT2D eigenvalue weighted by Gasteiger charge is 2.06. The zero-order chi connectivity index (χ0) is 14.8. The normalized spacial score (nSPS) is 10.2. The number of amides is 2. The first-order valence-corrected chi connectivity index (χ1v) is 7.39. The molecule has 0 saturated heterocycles. The minimum atomic E-state index is -0.0313. The Labute approximate surface area is 126 Å². The van der Waals surface area contributed by atoms with Gasteiger partial charge in [-0.25, -0.2) is 4.79 Å². The summed E-state index contributed by atoms with van der Waals surface area (Å²) in [5.74, 6) is 0.681. The van der Waals surface area contributed by atoms with Crippen molar-refractivity contribution in [2.75, 3.05) is 26.7 Å². The third-order valence-electron chi connectivity index (χ3n) is 2.89. The monoisotopic (exact) mass is 298 g/mol. The number of carbonyl (C=O) groups is 1. The molecule has 0 aliphatic heterocycles. The van der Waals surface area contributed by atoms with Crippen LogP contribution >= 0.6 is 11.6 Å². The summed E-state index contributed by atoms with van der Waals surface area (Å²) in [5.41, 5.74) is 0. The van der Waals surface area contributed by atoms with Crippen molar-refractivity contribution in [2.45, 2.75) is 26.2 Å². The Balaban J connectivity index is 2.13. The Kier molecular flexibility index (Phi) is 7.88. The first kappa shape index (κ1) is 16.6. The number of nitrogens with zero attached hydrogens (tertiary/aromatic N) is 1. The molecule has 1 N–H and O–H groups in total. The summed E-state index contributed by atoms with van der Waals surface area (Å²) in [4.78, 5) is 13.4. The molecule has 0 unspecified atom stereocenters. The first-order valence-electron chi connectivity index (χ1n) is 7.01. The highest BCUT2D eigenvalue weighted by Crippen LogP contribution is 2.22. The van der Waals surface area contributed by atoms with Gasteiger partial charge in [0, 0.05) is 20.1 Å². The Hall–Kier alpha value is -1.42. The van der Waals surface area contributed by atoms with Crippen molar-refractivity contribution < 1.29 is 9.53 Å². The number of hydrogen-bond acceptors (Lipinski definition) is 2. The maximum Gasteiger partial charge on any atom is 0.317 e. The highest BCUT2D eigenvalue weighted by atomic mass is 35.5. The van der Waals surface area contributed by atoms with E-state index in [1.165, 1.54) is 0 Å². The van der Waals surface area contributed by atoms with Gasteiger partial charge in [0.1, 0.15) is 5.75 Å². The van der Waals surface area contributed by atoms with Crippen LogP contribution < -0.4 is 10.1 Å². The molecule has 112 valence electrons. The van der Waals surface area contributed by atoms with Crippen molar-refractivity contribution in [3.8, 4) is 5.75 Å². The third-order valence-corrected chi connectivity index (χ3v) is 3.20. The van der Waals surface area contributed by atoms with Crippen LogP contribution in [0.3, 0.4) is 0 Å². The molecule has 0 fully saturated rings. The molecule has 20 heavy (non-hydrogen) atoms. The van der Waals surface area contributed by atoms with E-state index in [0.717, 1.165) is 25.8 Å². The summed E-state index contributed by atoms with van der Waals surface area (Å²) < 4.78 is 5.55. The van der Waals surface area contributed by atoms with Crippen LogP contribution in [0.25, 0.3) is 0 Å². The maximum atomic E-state index is 11.7. The van der Waals surface area contributed by atoms with E-state index >= 15 is 0 Å². The minimum absolute atomic E-state index is 0.0313. The zero-order valence-electron chi connectivity index (χ0n) is 12.2. The Bertz CT molecular complexity index is 413. The smallest absolute Gasteiger partial charge is 0.317 e. The van der Waals surface area contributed by atoms with E-state index in [2.05, 4.69) is 12.2 Å². The van der Waals surface area contributed by atoms with Gasteiger partial charge in [-0.2, -0.15) is 0 Å². The molecule has 0 atom stereocenters. The molecule has 4 nitrogen and oxygen atoms in total. The SMILES string of the molecule is CCCCN(C)C(=O)NCCCOc1ccccc1Cl. The van der Waals surface area contributed by atoms with E-state index < -0.39 is 0 Å². The predicted molar refractivity (Wildman–Crippen MR) is 82.5 cm³/mol. The van der Waals surface area contributed by atoms with Gasteiger partial charge in [-0.3, -0.25) is 0 Å². The van der Waals surface area contributed by atoms with Gasteiger partial charge in [0.2, 0.25) is 0 Å². The lowest BCUT2D eigenvalue weighted by atomic mass is 10.3. The Morgan fingerprint density at radius 1 is 1.35 bits per heavy atom. The fourth-order valence-corrected chi connectivity index (χ4v) is 1.83. The molecule has 1 rings (SSSR count). The number of benzene rings is 1. The van der Waals surface area contributed by atoms with Gasteiger partial charge in [0.15, 0.2) is 0 Å². The second-order valence-electron chi connectivity index (χ2n) is 4.64. The van der Waals surface area contributed by atoms with E-state index in [4.69, 9.17) is 16.3 Å². The molecular formula is C15H23ClN2O2. The number of ether oxygens (including phenoxy) is 1. The molecule has 0 aromatic heterocycles. The van der Waals surface area contributed by atoms with Crippen LogP contribution in [0.1, 0.15) is 26.2 Å². The summed E-state index contributed by atoms with van der Waals surface area (Å²) >= 11 is 5.98. The second-order valence-corrected chi connectivity index (χ2v) is 5.05. The molecule has 0 aliphatic rings. The van der Waals surface area contributed by atoms with Gasteiger partial charge < -0.3 is 15.0 Å². The summed E-state index contributed by atoms with van der Waals surface area (Å²) in [7, 11) is 1.81. The third kappa shape index (κ3) is 6.15. The standard InChI is InChI=1S/C15H23ClN2O2/c1-3-4-11-18(2)15(19)17-10-7-12-20-14-9-6-5-8-13(14)16/h5-6,8-9H,3-4,7,10-12H2,1-2H3,(H,17,19). The minimum Gasteiger partial charge on any atom is -0.492 e. The largest absolute Gasteiger partial charge is 0.492 e. The van der Waals surface area contributed by atoms with Gasteiger partial charge >= 0.3 is 6.03 Å². The summed E-state index contributed by atoms with van der Waals surface area (Å²) in [6, 6.07) is 7.34. The fraction of sp³-hybridized carbons (Fsp3) is 0.533. The van der Waals surface area contributed by atoms with Crippen LogP contribution in [-0.4, -0.2) is 37.7 Å². The molecule has 1 aromatic carbocycles. The summed E-state index contributed by atoms with van der Waals surface area (Å²) in [5, 5.41) is 3.47. The molecule has 5 heteroatoms. The Morgan fingerprint density at radius 3 is 2.80 bits per heavy atom. The van der Waals surface area contributed by atoms with Crippen molar-refractivity contribution in [3.63, 3.8) is 0 Å². The maximum absolute atomic E-state index is 11.7. The molecule has 0 heterocycles. The van der Waals surface area contributed by atoms with Crippen LogP contribution in [-0.2, 0) is 0 Å². The summed E-state index contributed by atoms with van der Waals surface area (Å²) in [6.07, 6.45) is 2.86. The lowest BCUT2D eigenvalue weighted by Crippen LogP contribution is -2.38. The van der Waals surface area contributed by atoms with Crippen LogP contribution in [0.4, 0.5) is 4.79 Å². The molecule has 1 aromatic rings. The number of halogens is 1. The van der Waals surface area contributed by atoms with E-state index in [-0.39, 0.29) is 6.03 Å². The van der Waals surface area contributed by atoms with Gasteiger partial charge in [-0.15, -0.1) is 0 Å². The van der Waals surface area contributed by atoms with Crippen LogP contribution in [0, 0.1) is 0 Å². The number of para-hydroxylation sites is 1. The predicted octanol–water partition coefficient (Wildman–Crippen LogP) is 3.55. The number of nitrogens with one attached hydrogen (secondary N) is 1. The number of carbonyl (C=O) groups excluding carboxylic acids is 1. The lowest BCUT2D eigenvalue weighted by molar-refractivity contribution is 0.207. The molecule has 0 spiro atoms. The molecular weight excluding hydrogens is 276 g/mol. The van der Waals surface area contributed by atoms with Crippen molar-refractivity contribution in [1.29, 1.82) is 0 Å². The van der Waals surface area contributed by atoms with Crippen LogP contribution in [0.2, 0.25) is 5.02 Å². The topological polar surface area (TPSA) is 41.6 Å². The van der Waals surface area contributed by atoms with E-state index in [9.17, 15) is 4.79 Å². The average Bonchev–Trinajstić information content (AvgIpc) is 2.46. The molecule has 0 bridgehead atoms. The first-order chi connectivity index (χ1) is 9.65. The van der Waals surface area contributed by atoms with Crippen molar-refractivity contribution in [2.24, 2.45) is 0 Å². The molecule has 0 saturated carbocycles. The van der Waals surface area contributed by atoms with E-state index in [1.807, 2.05) is 25.2 Å². The number of hydrogen-bond donors (Lipinski definition) is 1. The summed E-state index contributed by atoms with van der Waals surface area (Å²) in [6.45, 7) is 4.03. The zero-order valence-corrected chi connectivity index (χ0v) is 12.9.